The van der Waals surface area contributed by atoms with E-state index in [0.29, 0.717) is 21.5 Å². The molecular formula is C19H15BrFNO5. The number of carbonyl (C=O) groups excluding carboxylic acids is 2. The number of ether oxygens (including phenoxy) is 3. The van der Waals surface area contributed by atoms with Crippen LogP contribution in [0.4, 0.5) is 10.1 Å². The summed E-state index contributed by atoms with van der Waals surface area (Å²) in [6.07, 6.45) is 1.63. The normalized spacial score (nSPS) is 13.4. The lowest BCUT2D eigenvalue weighted by Gasteiger charge is -2.13. The van der Waals surface area contributed by atoms with E-state index in [9.17, 15) is 14.0 Å². The fourth-order valence-corrected chi connectivity index (χ4v) is 2.61. The van der Waals surface area contributed by atoms with Crippen molar-refractivity contribution in [1.29, 1.82) is 0 Å². The number of hydrogen-bond acceptors (Lipinski definition) is 5. The van der Waals surface area contributed by atoms with Crippen LogP contribution in [0.3, 0.4) is 0 Å². The summed E-state index contributed by atoms with van der Waals surface area (Å²) in [6, 6.07) is 9.42. The number of esters is 1. The average Bonchev–Trinajstić information content (AvgIpc) is 3.10. The second-order valence-electron chi connectivity index (χ2n) is 5.64. The second-order valence-corrected chi connectivity index (χ2v) is 6.55. The van der Waals surface area contributed by atoms with Gasteiger partial charge in [-0.2, -0.15) is 0 Å². The topological polar surface area (TPSA) is 73.9 Å². The van der Waals surface area contributed by atoms with Crippen LogP contribution >= 0.6 is 15.9 Å². The summed E-state index contributed by atoms with van der Waals surface area (Å²) in [4.78, 5) is 24.0. The van der Waals surface area contributed by atoms with E-state index < -0.39 is 23.8 Å². The van der Waals surface area contributed by atoms with Crippen LogP contribution in [0.5, 0.6) is 11.5 Å². The largest absolute Gasteiger partial charge is 0.454 e. The zero-order valence-electron chi connectivity index (χ0n) is 14.2. The predicted molar refractivity (Wildman–Crippen MR) is 99.9 cm³/mol. The summed E-state index contributed by atoms with van der Waals surface area (Å²) in [5.41, 5.74) is 0.715. The van der Waals surface area contributed by atoms with Crippen LogP contribution in [0.2, 0.25) is 0 Å². The molecule has 6 nitrogen and oxygen atoms in total. The number of benzene rings is 2. The van der Waals surface area contributed by atoms with Gasteiger partial charge in [0, 0.05) is 10.5 Å². The summed E-state index contributed by atoms with van der Waals surface area (Å²) in [7, 11) is 0. The first-order valence-electron chi connectivity index (χ1n) is 7.96. The molecule has 1 heterocycles. The third-order valence-corrected chi connectivity index (χ3v) is 4.15. The molecule has 0 aromatic heterocycles. The molecule has 8 heteroatoms. The van der Waals surface area contributed by atoms with Crippen LogP contribution in [0.25, 0.3) is 6.08 Å². The molecule has 2 aromatic carbocycles. The van der Waals surface area contributed by atoms with Crippen molar-refractivity contribution in [3.8, 4) is 11.5 Å². The minimum atomic E-state index is -1.10. The highest BCUT2D eigenvalue weighted by Crippen LogP contribution is 2.32. The first kappa shape index (κ1) is 18.9. The summed E-state index contributed by atoms with van der Waals surface area (Å²) in [5.74, 6) is -0.707. The van der Waals surface area contributed by atoms with E-state index in [1.807, 2.05) is 0 Å². The Bertz CT molecular complexity index is 915. The first-order valence-corrected chi connectivity index (χ1v) is 8.76. The zero-order chi connectivity index (χ0) is 19.4. The Kier molecular flexibility index (Phi) is 5.75. The van der Waals surface area contributed by atoms with Gasteiger partial charge in [-0.3, -0.25) is 4.79 Å². The third-order valence-electron chi connectivity index (χ3n) is 3.66. The van der Waals surface area contributed by atoms with Gasteiger partial charge < -0.3 is 19.5 Å². The monoisotopic (exact) mass is 435 g/mol. The molecule has 27 heavy (non-hydrogen) atoms. The smallest absolute Gasteiger partial charge is 0.331 e. The lowest BCUT2D eigenvalue weighted by Crippen LogP contribution is -2.29. The maximum atomic E-state index is 13.8. The van der Waals surface area contributed by atoms with Crippen molar-refractivity contribution in [3.05, 3.63) is 58.3 Å². The molecular weight excluding hydrogens is 421 g/mol. The quantitative estimate of drug-likeness (QED) is 0.569. The van der Waals surface area contributed by atoms with E-state index in [-0.39, 0.29) is 12.5 Å². The van der Waals surface area contributed by atoms with Gasteiger partial charge >= 0.3 is 5.97 Å². The highest BCUT2D eigenvalue weighted by atomic mass is 79.9. The molecule has 0 radical (unpaired) electrons. The molecule has 1 amide bonds. The summed E-state index contributed by atoms with van der Waals surface area (Å²) >= 11 is 3.13. The third kappa shape index (κ3) is 4.85. The fraction of sp³-hybridized carbons (Fsp3) is 0.158. The number of hydrogen-bond donors (Lipinski definition) is 1. The minimum Gasteiger partial charge on any atom is -0.454 e. The molecule has 140 valence electrons. The molecule has 1 aliphatic rings. The van der Waals surface area contributed by atoms with Crippen LogP contribution < -0.4 is 14.8 Å². The molecule has 0 fully saturated rings. The van der Waals surface area contributed by atoms with Gasteiger partial charge in [-0.25, -0.2) is 9.18 Å². The van der Waals surface area contributed by atoms with E-state index in [1.54, 1.807) is 24.3 Å². The van der Waals surface area contributed by atoms with Crippen molar-refractivity contribution in [2.24, 2.45) is 0 Å². The number of halogens is 2. The van der Waals surface area contributed by atoms with Crippen molar-refractivity contribution < 1.29 is 28.2 Å². The Morgan fingerprint density at radius 1 is 1.22 bits per heavy atom. The van der Waals surface area contributed by atoms with E-state index in [1.165, 1.54) is 31.2 Å². The average molecular weight is 436 g/mol. The van der Waals surface area contributed by atoms with Crippen LogP contribution in [0, 0.1) is 5.82 Å². The molecule has 2 aromatic rings. The van der Waals surface area contributed by atoms with Crippen LogP contribution in [0.1, 0.15) is 12.5 Å². The lowest BCUT2D eigenvalue weighted by atomic mass is 10.2. The van der Waals surface area contributed by atoms with Crippen LogP contribution in [-0.2, 0) is 14.3 Å². The van der Waals surface area contributed by atoms with Crippen molar-refractivity contribution in [2.45, 2.75) is 13.0 Å². The number of carbonyl (C=O) groups is 2. The molecule has 1 atom stereocenters. The molecule has 1 unspecified atom stereocenters. The van der Waals surface area contributed by atoms with Gasteiger partial charge in [0.2, 0.25) is 6.79 Å². The van der Waals surface area contributed by atoms with E-state index in [4.69, 9.17) is 14.2 Å². The van der Waals surface area contributed by atoms with Gasteiger partial charge in [0.15, 0.2) is 17.6 Å². The predicted octanol–water partition coefficient (Wildman–Crippen LogP) is 3.90. The summed E-state index contributed by atoms with van der Waals surface area (Å²) < 4.78 is 29.8. The molecule has 0 saturated heterocycles. The molecule has 0 spiro atoms. The fourth-order valence-electron chi connectivity index (χ4n) is 2.27. The first-order chi connectivity index (χ1) is 12.9. The number of amides is 1. The maximum absolute atomic E-state index is 13.8. The van der Waals surface area contributed by atoms with Gasteiger partial charge in [0.25, 0.3) is 5.91 Å². The molecule has 0 bridgehead atoms. The Morgan fingerprint density at radius 3 is 2.78 bits per heavy atom. The van der Waals surface area contributed by atoms with Gasteiger partial charge in [0.05, 0.1) is 5.69 Å². The highest BCUT2D eigenvalue weighted by Gasteiger charge is 2.18. The van der Waals surface area contributed by atoms with E-state index in [0.717, 1.165) is 0 Å². The molecule has 0 aliphatic carbocycles. The molecule has 0 saturated carbocycles. The Hall–Kier alpha value is -2.87. The minimum absolute atomic E-state index is 0.00185. The second kappa shape index (κ2) is 8.22. The number of fused-ring (bicyclic) bond motifs is 1. The molecule has 3 rings (SSSR count). The van der Waals surface area contributed by atoms with Gasteiger partial charge in [-0.15, -0.1) is 0 Å². The lowest BCUT2D eigenvalue weighted by molar-refractivity contribution is -0.148. The van der Waals surface area contributed by atoms with Crippen molar-refractivity contribution in [2.75, 3.05) is 12.1 Å². The SMILES string of the molecule is CC(OC(=O)/C=C/c1ccc2c(c1)OCO2)C(=O)Nc1ccc(Br)cc1F. The summed E-state index contributed by atoms with van der Waals surface area (Å²) in [5, 5.41) is 2.38. The molecule has 1 N–H and O–H groups in total. The molecule has 1 aliphatic heterocycles. The van der Waals surface area contributed by atoms with Crippen LogP contribution in [0.15, 0.2) is 46.9 Å². The zero-order valence-corrected chi connectivity index (χ0v) is 15.8. The number of rotatable bonds is 5. The number of anilines is 1. The Balaban J connectivity index is 1.55. The highest BCUT2D eigenvalue weighted by molar-refractivity contribution is 9.10. The van der Waals surface area contributed by atoms with Gasteiger partial charge in [0.1, 0.15) is 5.82 Å². The van der Waals surface area contributed by atoms with Crippen molar-refractivity contribution >= 4 is 39.6 Å². The standard InChI is InChI=1S/C19H15BrFNO5/c1-11(19(24)22-15-5-4-13(20)9-14(15)21)27-18(23)7-3-12-2-6-16-17(8-12)26-10-25-16/h2-9,11H,10H2,1H3,(H,22,24)/b7-3+. The van der Waals surface area contributed by atoms with Gasteiger partial charge in [-0.1, -0.05) is 22.0 Å². The Morgan fingerprint density at radius 2 is 2.00 bits per heavy atom. The van der Waals surface area contributed by atoms with Crippen LogP contribution in [-0.4, -0.2) is 24.8 Å². The van der Waals surface area contributed by atoms with E-state index in [2.05, 4.69) is 21.2 Å². The summed E-state index contributed by atoms with van der Waals surface area (Å²) in [6.45, 7) is 1.56. The van der Waals surface area contributed by atoms with E-state index >= 15 is 0 Å². The maximum Gasteiger partial charge on any atom is 0.331 e. The Labute approximate surface area is 163 Å². The van der Waals surface area contributed by atoms with Crippen molar-refractivity contribution in [1.82, 2.24) is 0 Å². The van der Waals surface area contributed by atoms with Crippen molar-refractivity contribution in [3.63, 3.8) is 0 Å². The number of nitrogens with one attached hydrogen (secondary N) is 1. The van der Waals surface area contributed by atoms with Gasteiger partial charge in [-0.05, 0) is 48.9 Å².